The van der Waals surface area contributed by atoms with Gasteiger partial charge in [-0.15, -0.1) is 13.2 Å². The molecule has 0 aliphatic carbocycles. The Balaban J connectivity index is 1.59. The number of carbonyl (C=O) groups excluding carboxylic acids is 1. The number of rotatable bonds is 8. The molecule has 7 nitrogen and oxygen atoms in total. The van der Waals surface area contributed by atoms with Gasteiger partial charge in [0.2, 0.25) is 0 Å². The molecule has 0 spiro atoms. The van der Waals surface area contributed by atoms with Crippen LogP contribution in [-0.2, 0) is 16.3 Å². The fourth-order valence-electron chi connectivity index (χ4n) is 3.00. The zero-order valence-electron chi connectivity index (χ0n) is 18.1. The monoisotopic (exact) mass is 513 g/mol. The molecule has 2 N–H and O–H groups in total. The van der Waals surface area contributed by atoms with Gasteiger partial charge in [-0.3, -0.25) is 4.79 Å². The van der Waals surface area contributed by atoms with Crippen LogP contribution in [0.4, 0.5) is 23.2 Å². The summed E-state index contributed by atoms with van der Waals surface area (Å²) in [6.45, 7) is 0.0176. The number of hydrogen-bond acceptors (Lipinski definition) is 6. The van der Waals surface area contributed by atoms with Gasteiger partial charge in [0.15, 0.2) is 9.84 Å². The second-order valence-corrected chi connectivity index (χ2v) is 9.32. The summed E-state index contributed by atoms with van der Waals surface area (Å²) < 4.78 is 83.6. The average Bonchev–Trinajstić information content (AvgIpc) is 2.75. The van der Waals surface area contributed by atoms with Gasteiger partial charge in [0.25, 0.3) is 5.91 Å². The normalized spacial score (nSPS) is 11.7. The number of hydrogen-bond donors (Lipinski definition) is 2. The predicted octanol–water partition coefficient (Wildman–Crippen LogP) is 4.71. The summed E-state index contributed by atoms with van der Waals surface area (Å²) in [5.74, 6) is -1.98. The van der Waals surface area contributed by atoms with Crippen LogP contribution >= 0.6 is 0 Å². The Morgan fingerprint density at radius 1 is 1.00 bits per heavy atom. The number of carbonyl (C=O) groups is 1. The van der Waals surface area contributed by atoms with Crippen molar-refractivity contribution in [2.45, 2.75) is 17.7 Å². The van der Waals surface area contributed by atoms with Gasteiger partial charge in [-0.2, -0.15) is 0 Å². The van der Waals surface area contributed by atoms with Crippen molar-refractivity contribution in [3.8, 4) is 17.2 Å². The van der Waals surface area contributed by atoms with E-state index in [1.165, 1.54) is 30.3 Å². The predicted molar refractivity (Wildman–Crippen MR) is 118 cm³/mol. The molecule has 35 heavy (non-hydrogen) atoms. The molecule has 3 rings (SSSR count). The number of sulfone groups is 1. The van der Waals surface area contributed by atoms with Gasteiger partial charge in [-0.1, -0.05) is 6.07 Å². The summed E-state index contributed by atoms with van der Waals surface area (Å²) >= 11 is 0. The van der Waals surface area contributed by atoms with Crippen molar-refractivity contribution in [2.75, 3.05) is 18.2 Å². The van der Waals surface area contributed by atoms with E-state index in [0.29, 0.717) is 0 Å². The van der Waals surface area contributed by atoms with Crippen molar-refractivity contribution in [1.29, 1.82) is 0 Å². The summed E-state index contributed by atoms with van der Waals surface area (Å²) in [6.07, 6.45) is -3.78. The summed E-state index contributed by atoms with van der Waals surface area (Å²) in [6, 6.07) is 12.0. The first kappa shape index (κ1) is 25.8. The molecule has 1 amide bonds. The van der Waals surface area contributed by atoms with E-state index in [1.807, 2.05) is 0 Å². The maximum atomic E-state index is 14.5. The van der Waals surface area contributed by atoms with Gasteiger partial charge in [0, 0.05) is 23.9 Å². The molecule has 0 aromatic heterocycles. The quantitative estimate of drug-likeness (QED) is 0.334. The molecule has 0 saturated heterocycles. The SMILES string of the molecule is CS(=O)(=O)c1cc(NC(=O)c2ccc(CCOc3ccc(OC(F)(F)F)cc3)c(F)c2)ccc1O. The Labute approximate surface area is 197 Å². The van der Waals surface area contributed by atoms with Crippen LogP contribution < -0.4 is 14.8 Å². The summed E-state index contributed by atoms with van der Waals surface area (Å²) in [5, 5.41) is 12.1. The van der Waals surface area contributed by atoms with Crippen LogP contribution in [0.25, 0.3) is 0 Å². The molecule has 186 valence electrons. The highest BCUT2D eigenvalue weighted by atomic mass is 32.2. The zero-order chi connectivity index (χ0) is 25.8. The highest BCUT2D eigenvalue weighted by Crippen LogP contribution is 2.27. The first-order valence-corrected chi connectivity index (χ1v) is 11.8. The molecule has 0 saturated carbocycles. The minimum absolute atomic E-state index is 0.0176. The summed E-state index contributed by atoms with van der Waals surface area (Å²) in [5.41, 5.74) is 0.307. The van der Waals surface area contributed by atoms with Crippen molar-refractivity contribution in [3.05, 3.63) is 77.6 Å². The third kappa shape index (κ3) is 7.34. The number of phenols is 1. The van der Waals surface area contributed by atoms with Gasteiger partial charge in [-0.05, 0) is 60.2 Å². The molecule has 0 radical (unpaired) electrons. The number of alkyl halides is 3. The third-order valence-corrected chi connectivity index (χ3v) is 5.76. The van der Waals surface area contributed by atoms with E-state index in [2.05, 4.69) is 10.1 Å². The number of benzene rings is 3. The Morgan fingerprint density at radius 3 is 2.26 bits per heavy atom. The average molecular weight is 513 g/mol. The lowest BCUT2D eigenvalue weighted by molar-refractivity contribution is -0.274. The van der Waals surface area contributed by atoms with Crippen LogP contribution in [0, 0.1) is 5.82 Å². The Hall–Kier alpha value is -3.80. The van der Waals surface area contributed by atoms with Crippen LogP contribution in [0.2, 0.25) is 0 Å². The smallest absolute Gasteiger partial charge is 0.507 e. The van der Waals surface area contributed by atoms with E-state index in [1.54, 1.807) is 0 Å². The van der Waals surface area contributed by atoms with Crippen LogP contribution in [0.5, 0.6) is 17.2 Å². The molecular formula is C23H19F4NO6S. The fraction of sp³-hybridized carbons (Fsp3) is 0.174. The number of anilines is 1. The number of ether oxygens (including phenoxy) is 2. The highest BCUT2D eigenvalue weighted by Gasteiger charge is 2.31. The third-order valence-electron chi connectivity index (χ3n) is 4.63. The minimum atomic E-state index is -4.80. The van der Waals surface area contributed by atoms with Gasteiger partial charge >= 0.3 is 6.36 Å². The molecule has 12 heteroatoms. The topological polar surface area (TPSA) is 102 Å². The Morgan fingerprint density at radius 2 is 1.66 bits per heavy atom. The van der Waals surface area contributed by atoms with E-state index in [4.69, 9.17) is 4.74 Å². The van der Waals surface area contributed by atoms with Crippen LogP contribution in [0.1, 0.15) is 15.9 Å². The van der Waals surface area contributed by atoms with Crippen LogP contribution in [0.15, 0.2) is 65.6 Å². The van der Waals surface area contributed by atoms with E-state index in [0.717, 1.165) is 36.6 Å². The number of aromatic hydroxyl groups is 1. The molecule has 3 aromatic rings. The van der Waals surface area contributed by atoms with Crippen molar-refractivity contribution in [1.82, 2.24) is 0 Å². The second-order valence-electron chi connectivity index (χ2n) is 7.33. The maximum Gasteiger partial charge on any atom is 0.573 e. The molecule has 3 aromatic carbocycles. The molecule has 0 unspecified atom stereocenters. The van der Waals surface area contributed by atoms with E-state index < -0.39 is 39.4 Å². The lowest BCUT2D eigenvalue weighted by Gasteiger charge is -2.11. The first-order valence-electron chi connectivity index (χ1n) is 9.93. The second kappa shape index (κ2) is 10.2. The van der Waals surface area contributed by atoms with Crippen LogP contribution in [0.3, 0.4) is 0 Å². The molecule has 0 bridgehead atoms. The minimum Gasteiger partial charge on any atom is -0.507 e. The van der Waals surface area contributed by atoms with E-state index in [9.17, 15) is 35.9 Å². The maximum absolute atomic E-state index is 14.5. The summed E-state index contributed by atoms with van der Waals surface area (Å²) in [7, 11) is -3.73. The van der Waals surface area contributed by atoms with Crippen molar-refractivity contribution >= 4 is 21.4 Å². The lowest BCUT2D eigenvalue weighted by Crippen LogP contribution is -2.17. The molecular weight excluding hydrogens is 494 g/mol. The van der Waals surface area contributed by atoms with Crippen molar-refractivity contribution in [2.24, 2.45) is 0 Å². The number of phenolic OH excluding ortho intramolecular Hbond substituents is 1. The van der Waals surface area contributed by atoms with Crippen molar-refractivity contribution in [3.63, 3.8) is 0 Å². The van der Waals surface area contributed by atoms with Crippen LogP contribution in [-0.4, -0.2) is 38.7 Å². The Bertz CT molecular complexity index is 1320. The van der Waals surface area contributed by atoms with Gasteiger partial charge in [0.1, 0.15) is 28.0 Å². The van der Waals surface area contributed by atoms with Gasteiger partial charge < -0.3 is 19.9 Å². The highest BCUT2D eigenvalue weighted by molar-refractivity contribution is 7.90. The van der Waals surface area contributed by atoms with E-state index in [-0.39, 0.29) is 40.5 Å². The van der Waals surface area contributed by atoms with Gasteiger partial charge in [0.05, 0.1) is 6.61 Å². The molecule has 0 fully saturated rings. The number of nitrogens with one attached hydrogen (secondary N) is 1. The van der Waals surface area contributed by atoms with Gasteiger partial charge in [-0.25, -0.2) is 12.8 Å². The summed E-state index contributed by atoms with van der Waals surface area (Å²) in [4.78, 5) is 12.1. The lowest BCUT2D eigenvalue weighted by atomic mass is 10.1. The van der Waals surface area contributed by atoms with Crippen molar-refractivity contribution < 1.29 is 45.4 Å². The Kier molecular flexibility index (Phi) is 7.54. The largest absolute Gasteiger partial charge is 0.573 e. The molecule has 0 aliphatic heterocycles. The first-order chi connectivity index (χ1) is 16.3. The number of amides is 1. The standard InChI is InChI=1S/C23H19F4NO6S/c1-35(31,32)21-13-16(4-9-20(21)29)28-22(30)15-3-2-14(19(24)12-15)10-11-33-17-5-7-18(8-6-17)34-23(25,26)27/h2-9,12-13,29H,10-11H2,1H3,(H,28,30). The molecule has 0 aliphatic rings. The fourth-order valence-corrected chi connectivity index (χ4v) is 3.79. The molecule has 0 atom stereocenters. The number of halogens is 4. The molecule has 0 heterocycles. The van der Waals surface area contributed by atoms with E-state index >= 15 is 0 Å². The zero-order valence-corrected chi connectivity index (χ0v) is 18.9.